The molecule has 4 heteroatoms. The minimum Gasteiger partial charge on any atom is -0.305 e. The molecule has 0 saturated heterocycles. The van der Waals surface area contributed by atoms with E-state index in [1.165, 1.54) is 16.0 Å². The highest BCUT2D eigenvalue weighted by Crippen LogP contribution is 2.27. The maximum Gasteiger partial charge on any atom is 0.0931 e. The van der Waals surface area contributed by atoms with Crippen LogP contribution in [0.4, 0.5) is 0 Å². The summed E-state index contributed by atoms with van der Waals surface area (Å²) in [6.07, 6.45) is 0. The Morgan fingerprint density at radius 1 is 1.33 bits per heavy atom. The standard InChI is InChI=1S/C14H15BrClNS/c1-9-3-4-11(12(15)7-9)8-17-10(2)13-5-6-14(16)18-13/h3-7,10,17H,8H2,1-2H3. The van der Waals surface area contributed by atoms with Crippen molar-refractivity contribution in [3.05, 3.63) is 55.1 Å². The molecular weight excluding hydrogens is 330 g/mol. The first-order chi connectivity index (χ1) is 8.56. The van der Waals surface area contributed by atoms with Crippen LogP contribution in [0.2, 0.25) is 4.34 Å². The Morgan fingerprint density at radius 2 is 2.11 bits per heavy atom. The van der Waals surface area contributed by atoms with E-state index in [1.54, 1.807) is 11.3 Å². The number of rotatable bonds is 4. The third kappa shape index (κ3) is 3.58. The highest BCUT2D eigenvalue weighted by atomic mass is 79.9. The smallest absolute Gasteiger partial charge is 0.0931 e. The molecule has 1 nitrogen and oxygen atoms in total. The van der Waals surface area contributed by atoms with Gasteiger partial charge in [-0.15, -0.1) is 11.3 Å². The molecule has 1 heterocycles. The fourth-order valence-electron chi connectivity index (χ4n) is 1.72. The van der Waals surface area contributed by atoms with Crippen molar-refractivity contribution in [3.8, 4) is 0 Å². The summed E-state index contributed by atoms with van der Waals surface area (Å²) in [7, 11) is 0. The number of benzene rings is 1. The average Bonchev–Trinajstić information content (AvgIpc) is 2.74. The van der Waals surface area contributed by atoms with Gasteiger partial charge >= 0.3 is 0 Å². The van der Waals surface area contributed by atoms with E-state index < -0.39 is 0 Å². The average molecular weight is 345 g/mol. The molecule has 0 fully saturated rings. The number of hydrogen-bond acceptors (Lipinski definition) is 2. The van der Waals surface area contributed by atoms with Gasteiger partial charge < -0.3 is 5.32 Å². The lowest BCUT2D eigenvalue weighted by Crippen LogP contribution is -2.17. The van der Waals surface area contributed by atoms with Gasteiger partial charge in [0.2, 0.25) is 0 Å². The van der Waals surface area contributed by atoms with Crippen molar-refractivity contribution in [2.75, 3.05) is 0 Å². The summed E-state index contributed by atoms with van der Waals surface area (Å²) < 4.78 is 2.00. The van der Waals surface area contributed by atoms with E-state index in [0.717, 1.165) is 15.4 Å². The molecule has 1 aromatic carbocycles. The zero-order valence-corrected chi connectivity index (χ0v) is 13.5. The second-order valence-electron chi connectivity index (χ2n) is 4.34. The maximum atomic E-state index is 5.95. The molecule has 2 rings (SSSR count). The quantitative estimate of drug-likeness (QED) is 0.791. The highest BCUT2D eigenvalue weighted by Gasteiger charge is 2.08. The number of hydrogen-bond donors (Lipinski definition) is 1. The lowest BCUT2D eigenvalue weighted by molar-refractivity contribution is 0.582. The Hall–Kier alpha value is -0.350. The molecule has 2 aromatic rings. The van der Waals surface area contributed by atoms with E-state index in [0.29, 0.717) is 6.04 Å². The van der Waals surface area contributed by atoms with Gasteiger partial charge in [0.15, 0.2) is 0 Å². The van der Waals surface area contributed by atoms with Crippen LogP contribution in [-0.2, 0) is 6.54 Å². The first-order valence-electron chi connectivity index (χ1n) is 5.80. The number of halogens is 2. The van der Waals surface area contributed by atoms with Crippen molar-refractivity contribution in [2.24, 2.45) is 0 Å². The summed E-state index contributed by atoms with van der Waals surface area (Å²) in [5, 5.41) is 3.51. The predicted octanol–water partition coefficient (Wildman–Crippen LogP) is 5.32. The monoisotopic (exact) mass is 343 g/mol. The van der Waals surface area contributed by atoms with Crippen LogP contribution in [0.3, 0.4) is 0 Å². The van der Waals surface area contributed by atoms with Crippen LogP contribution >= 0.6 is 38.9 Å². The molecule has 0 aliphatic rings. The van der Waals surface area contributed by atoms with Crippen LogP contribution in [0.1, 0.15) is 29.0 Å². The predicted molar refractivity (Wildman–Crippen MR) is 83.5 cm³/mol. The van der Waals surface area contributed by atoms with Crippen molar-refractivity contribution < 1.29 is 0 Å². The van der Waals surface area contributed by atoms with Gasteiger partial charge in [0.05, 0.1) is 4.34 Å². The molecule has 0 spiro atoms. The third-order valence-corrected chi connectivity index (χ3v) is 4.98. The van der Waals surface area contributed by atoms with Crippen LogP contribution in [0.15, 0.2) is 34.8 Å². The molecule has 0 aliphatic heterocycles. The Bertz CT molecular complexity index is 538. The molecule has 0 aliphatic carbocycles. The number of nitrogens with one attached hydrogen (secondary N) is 1. The van der Waals surface area contributed by atoms with E-state index in [4.69, 9.17) is 11.6 Å². The molecule has 1 unspecified atom stereocenters. The van der Waals surface area contributed by atoms with Gasteiger partial charge in [0.1, 0.15) is 0 Å². The van der Waals surface area contributed by atoms with Crippen molar-refractivity contribution in [2.45, 2.75) is 26.4 Å². The normalized spacial score (nSPS) is 12.7. The SMILES string of the molecule is Cc1ccc(CNC(C)c2ccc(Cl)s2)c(Br)c1. The Kier molecular flexibility index (Phi) is 4.84. The fraction of sp³-hybridized carbons (Fsp3) is 0.286. The zero-order chi connectivity index (χ0) is 13.1. The van der Waals surface area contributed by atoms with Crippen LogP contribution in [0.5, 0.6) is 0 Å². The summed E-state index contributed by atoms with van der Waals surface area (Å²) in [5.41, 5.74) is 2.54. The Morgan fingerprint density at radius 3 is 2.72 bits per heavy atom. The summed E-state index contributed by atoms with van der Waals surface area (Å²) in [6, 6.07) is 10.8. The van der Waals surface area contributed by atoms with E-state index in [2.05, 4.69) is 59.4 Å². The first-order valence-corrected chi connectivity index (χ1v) is 7.78. The Balaban J connectivity index is 1.99. The third-order valence-electron chi connectivity index (χ3n) is 2.83. The van der Waals surface area contributed by atoms with Crippen LogP contribution < -0.4 is 5.32 Å². The molecule has 18 heavy (non-hydrogen) atoms. The molecular formula is C14H15BrClNS. The number of aryl methyl sites for hydroxylation is 1. The molecule has 0 bridgehead atoms. The number of thiophene rings is 1. The van der Waals surface area contributed by atoms with Crippen LogP contribution in [0, 0.1) is 6.92 Å². The van der Waals surface area contributed by atoms with Crippen molar-refractivity contribution in [3.63, 3.8) is 0 Å². The first kappa shape index (κ1) is 14.1. The van der Waals surface area contributed by atoms with Gasteiger partial charge in [-0.05, 0) is 43.2 Å². The van der Waals surface area contributed by atoms with Crippen LogP contribution in [0.25, 0.3) is 0 Å². The minimum atomic E-state index is 0.315. The molecule has 1 N–H and O–H groups in total. The van der Waals surface area contributed by atoms with Gasteiger partial charge in [0.25, 0.3) is 0 Å². The summed E-state index contributed by atoms with van der Waals surface area (Å²) in [6.45, 7) is 5.10. The largest absolute Gasteiger partial charge is 0.305 e. The van der Waals surface area contributed by atoms with Gasteiger partial charge in [-0.25, -0.2) is 0 Å². The van der Waals surface area contributed by atoms with E-state index in [1.807, 2.05) is 6.07 Å². The van der Waals surface area contributed by atoms with Gasteiger partial charge in [-0.1, -0.05) is 39.7 Å². The molecule has 1 aromatic heterocycles. The summed E-state index contributed by atoms with van der Waals surface area (Å²) in [5.74, 6) is 0. The van der Waals surface area contributed by atoms with Crippen molar-refractivity contribution in [1.29, 1.82) is 0 Å². The highest BCUT2D eigenvalue weighted by molar-refractivity contribution is 9.10. The van der Waals surface area contributed by atoms with Gasteiger partial charge in [-0.2, -0.15) is 0 Å². The second-order valence-corrected chi connectivity index (χ2v) is 6.94. The second kappa shape index (κ2) is 6.20. The fourth-order valence-corrected chi connectivity index (χ4v) is 3.44. The maximum absolute atomic E-state index is 5.95. The lowest BCUT2D eigenvalue weighted by Gasteiger charge is -2.13. The van der Waals surface area contributed by atoms with Crippen molar-refractivity contribution >= 4 is 38.9 Å². The minimum absolute atomic E-state index is 0.315. The molecule has 0 saturated carbocycles. The topological polar surface area (TPSA) is 12.0 Å². The van der Waals surface area contributed by atoms with Crippen LogP contribution in [-0.4, -0.2) is 0 Å². The Labute approximate surface area is 125 Å². The summed E-state index contributed by atoms with van der Waals surface area (Å²) in [4.78, 5) is 1.27. The summed E-state index contributed by atoms with van der Waals surface area (Å²) >= 11 is 11.2. The molecule has 1 atom stereocenters. The molecule has 96 valence electrons. The van der Waals surface area contributed by atoms with E-state index in [-0.39, 0.29) is 0 Å². The lowest BCUT2D eigenvalue weighted by atomic mass is 10.1. The van der Waals surface area contributed by atoms with Crippen molar-refractivity contribution in [1.82, 2.24) is 5.32 Å². The van der Waals surface area contributed by atoms with E-state index >= 15 is 0 Å². The molecule has 0 radical (unpaired) electrons. The van der Waals surface area contributed by atoms with Gasteiger partial charge in [0, 0.05) is 21.9 Å². The zero-order valence-electron chi connectivity index (χ0n) is 10.3. The van der Waals surface area contributed by atoms with E-state index in [9.17, 15) is 0 Å². The van der Waals surface area contributed by atoms with Gasteiger partial charge in [-0.3, -0.25) is 0 Å². The molecule has 0 amide bonds.